The molecule has 0 aliphatic carbocycles. The third-order valence-corrected chi connectivity index (χ3v) is 6.02. The normalized spacial score (nSPS) is 12.8. The van der Waals surface area contributed by atoms with Crippen molar-refractivity contribution in [3.63, 3.8) is 0 Å². The van der Waals surface area contributed by atoms with Crippen LogP contribution in [-0.4, -0.2) is 47.8 Å². The molecule has 3 rings (SSSR count). The van der Waals surface area contributed by atoms with Crippen molar-refractivity contribution < 1.29 is 18.9 Å². The molecule has 156 valence electrons. The molecule has 0 unspecified atom stereocenters. The molecule has 3 N–H and O–H groups in total. The molecule has 9 heteroatoms. The van der Waals surface area contributed by atoms with Crippen LogP contribution in [0.1, 0.15) is 31.5 Å². The SMILES string of the molecule is CC[NH+](CC)CCCNC(=O)C(=O)Nc1c2c(nn1-c1ccc(F)cc1)CSC2. The van der Waals surface area contributed by atoms with Gasteiger partial charge in [0.15, 0.2) is 0 Å². The number of benzene rings is 1. The molecule has 0 fully saturated rings. The van der Waals surface area contributed by atoms with E-state index in [1.165, 1.54) is 17.0 Å². The van der Waals surface area contributed by atoms with Crippen molar-refractivity contribution in [1.29, 1.82) is 0 Å². The fraction of sp³-hybridized carbons (Fsp3) is 0.450. The minimum atomic E-state index is -0.719. The van der Waals surface area contributed by atoms with Gasteiger partial charge in [0, 0.05) is 30.0 Å². The summed E-state index contributed by atoms with van der Waals surface area (Å²) in [5, 5.41) is 9.94. The van der Waals surface area contributed by atoms with Crippen LogP contribution in [0.25, 0.3) is 5.69 Å². The van der Waals surface area contributed by atoms with Gasteiger partial charge in [0.25, 0.3) is 0 Å². The molecular formula is C20H27FN5O2S+. The minimum Gasteiger partial charge on any atom is -0.348 e. The van der Waals surface area contributed by atoms with Crippen molar-refractivity contribution in [2.75, 3.05) is 31.5 Å². The zero-order chi connectivity index (χ0) is 20.8. The van der Waals surface area contributed by atoms with E-state index in [0.29, 0.717) is 23.8 Å². The van der Waals surface area contributed by atoms with E-state index in [9.17, 15) is 14.0 Å². The third kappa shape index (κ3) is 5.16. The Morgan fingerprint density at radius 3 is 2.59 bits per heavy atom. The lowest BCUT2D eigenvalue weighted by molar-refractivity contribution is -0.896. The highest BCUT2D eigenvalue weighted by atomic mass is 32.2. The first kappa shape index (κ1) is 21.3. The zero-order valence-electron chi connectivity index (χ0n) is 16.8. The van der Waals surface area contributed by atoms with Crippen molar-refractivity contribution in [3.8, 4) is 5.69 Å². The summed E-state index contributed by atoms with van der Waals surface area (Å²) in [6.45, 7) is 7.76. The third-order valence-electron chi connectivity index (χ3n) is 5.05. The van der Waals surface area contributed by atoms with Crippen molar-refractivity contribution in [1.82, 2.24) is 15.1 Å². The molecule has 0 radical (unpaired) electrons. The molecule has 0 saturated heterocycles. The summed E-state index contributed by atoms with van der Waals surface area (Å²) in [5.41, 5.74) is 2.41. The monoisotopic (exact) mass is 420 g/mol. The molecule has 1 aromatic heterocycles. The lowest BCUT2D eigenvalue weighted by Crippen LogP contribution is -3.11. The van der Waals surface area contributed by atoms with Crippen molar-refractivity contribution in [2.24, 2.45) is 0 Å². The summed E-state index contributed by atoms with van der Waals surface area (Å²) >= 11 is 1.70. The maximum absolute atomic E-state index is 13.3. The number of hydrogen-bond acceptors (Lipinski definition) is 4. The highest BCUT2D eigenvalue weighted by Crippen LogP contribution is 2.36. The van der Waals surface area contributed by atoms with Gasteiger partial charge in [-0.3, -0.25) is 9.59 Å². The molecule has 1 aliphatic heterocycles. The van der Waals surface area contributed by atoms with Crippen LogP contribution in [0.5, 0.6) is 0 Å². The predicted molar refractivity (Wildman–Crippen MR) is 112 cm³/mol. The number of halogens is 1. The van der Waals surface area contributed by atoms with Gasteiger partial charge in [0.1, 0.15) is 11.6 Å². The largest absolute Gasteiger partial charge is 0.348 e. The van der Waals surface area contributed by atoms with E-state index in [1.54, 1.807) is 28.6 Å². The van der Waals surface area contributed by atoms with E-state index < -0.39 is 11.8 Å². The Labute approximate surface area is 174 Å². The van der Waals surface area contributed by atoms with Gasteiger partial charge in [-0.1, -0.05) is 0 Å². The summed E-state index contributed by atoms with van der Waals surface area (Å²) in [7, 11) is 0. The number of quaternary nitrogens is 1. The topological polar surface area (TPSA) is 80.5 Å². The number of anilines is 1. The first-order valence-electron chi connectivity index (χ1n) is 9.90. The van der Waals surface area contributed by atoms with Crippen LogP contribution in [0.4, 0.5) is 10.2 Å². The summed E-state index contributed by atoms with van der Waals surface area (Å²) in [6.07, 6.45) is 0.815. The molecule has 1 aliphatic rings. The van der Waals surface area contributed by atoms with Gasteiger partial charge < -0.3 is 15.5 Å². The number of nitrogens with zero attached hydrogens (tertiary/aromatic N) is 2. The lowest BCUT2D eigenvalue weighted by Gasteiger charge is -2.15. The van der Waals surface area contributed by atoms with Crippen LogP contribution in [0.2, 0.25) is 0 Å². The van der Waals surface area contributed by atoms with E-state index in [-0.39, 0.29) is 5.82 Å². The number of aromatic nitrogens is 2. The second-order valence-electron chi connectivity index (χ2n) is 6.93. The average molecular weight is 421 g/mol. The first-order chi connectivity index (χ1) is 14.0. The smallest absolute Gasteiger partial charge is 0.314 e. The predicted octanol–water partition coefficient (Wildman–Crippen LogP) is 1.13. The van der Waals surface area contributed by atoms with Crippen LogP contribution < -0.4 is 15.5 Å². The highest BCUT2D eigenvalue weighted by Gasteiger charge is 2.26. The lowest BCUT2D eigenvalue weighted by atomic mass is 10.2. The molecule has 7 nitrogen and oxygen atoms in total. The van der Waals surface area contributed by atoms with Crippen molar-refractivity contribution in [3.05, 3.63) is 41.3 Å². The Balaban J connectivity index is 1.65. The van der Waals surface area contributed by atoms with Crippen LogP contribution in [0.15, 0.2) is 24.3 Å². The standard InChI is InChI=1S/C20H26FN5O2S/c1-3-25(4-2)11-5-10-22-19(27)20(28)23-18-16-12-29-13-17(16)24-26(18)15-8-6-14(21)7-9-15/h6-9H,3-5,10-13H2,1-2H3,(H,22,27)(H,23,28)/p+1. The number of thioether (sulfide) groups is 1. The fourth-order valence-corrected chi connectivity index (χ4v) is 4.33. The van der Waals surface area contributed by atoms with Gasteiger partial charge >= 0.3 is 11.8 Å². The first-order valence-corrected chi connectivity index (χ1v) is 11.1. The molecule has 29 heavy (non-hydrogen) atoms. The Hall–Kier alpha value is -2.39. The molecule has 1 aromatic carbocycles. The van der Waals surface area contributed by atoms with Crippen LogP contribution >= 0.6 is 11.8 Å². The molecule has 2 aromatic rings. The number of carbonyl (C=O) groups excluding carboxylic acids is 2. The Morgan fingerprint density at radius 1 is 1.17 bits per heavy atom. The van der Waals surface area contributed by atoms with Gasteiger partial charge in [-0.25, -0.2) is 9.07 Å². The van der Waals surface area contributed by atoms with Crippen molar-refractivity contribution in [2.45, 2.75) is 31.8 Å². The molecule has 0 saturated carbocycles. The molecular weight excluding hydrogens is 393 g/mol. The van der Waals surface area contributed by atoms with Crippen LogP contribution in [-0.2, 0) is 21.1 Å². The van der Waals surface area contributed by atoms with E-state index in [4.69, 9.17) is 0 Å². The number of nitrogens with one attached hydrogen (secondary N) is 3. The molecule has 0 spiro atoms. The van der Waals surface area contributed by atoms with Gasteiger partial charge in [-0.2, -0.15) is 16.9 Å². The highest BCUT2D eigenvalue weighted by molar-refractivity contribution is 7.98. The summed E-state index contributed by atoms with van der Waals surface area (Å²) in [4.78, 5) is 26.1. The van der Waals surface area contributed by atoms with E-state index in [1.807, 2.05) is 0 Å². The molecule has 0 bridgehead atoms. The Kier molecular flexibility index (Phi) is 7.27. The van der Waals surface area contributed by atoms with E-state index in [0.717, 1.165) is 43.1 Å². The fourth-order valence-electron chi connectivity index (χ4n) is 3.30. The molecule has 2 amide bonds. The maximum Gasteiger partial charge on any atom is 0.314 e. The second-order valence-corrected chi connectivity index (χ2v) is 7.91. The maximum atomic E-state index is 13.3. The van der Waals surface area contributed by atoms with E-state index in [2.05, 4.69) is 29.6 Å². The minimum absolute atomic E-state index is 0.347. The number of amides is 2. The van der Waals surface area contributed by atoms with Crippen molar-refractivity contribution >= 4 is 29.4 Å². The number of rotatable bonds is 8. The van der Waals surface area contributed by atoms with Gasteiger partial charge in [-0.05, 0) is 38.1 Å². The summed E-state index contributed by atoms with van der Waals surface area (Å²) in [6, 6.07) is 5.87. The van der Waals surface area contributed by atoms with Crippen LogP contribution in [0, 0.1) is 5.82 Å². The van der Waals surface area contributed by atoms with Crippen LogP contribution in [0.3, 0.4) is 0 Å². The Bertz CT molecular complexity index is 865. The summed E-state index contributed by atoms with van der Waals surface area (Å²) < 4.78 is 14.8. The van der Waals surface area contributed by atoms with E-state index >= 15 is 0 Å². The number of carbonyl (C=O) groups is 2. The summed E-state index contributed by atoms with van der Waals surface area (Å²) in [5.74, 6) is 0.200. The van der Waals surface area contributed by atoms with Gasteiger partial charge in [0.05, 0.1) is 31.0 Å². The quantitative estimate of drug-likeness (QED) is 0.442. The average Bonchev–Trinajstić information content (AvgIpc) is 3.31. The molecule has 2 heterocycles. The zero-order valence-corrected chi connectivity index (χ0v) is 17.6. The van der Waals surface area contributed by atoms with Gasteiger partial charge in [0.2, 0.25) is 0 Å². The van der Waals surface area contributed by atoms with Gasteiger partial charge in [-0.15, -0.1) is 0 Å². The number of hydrogen-bond donors (Lipinski definition) is 3. The number of fused-ring (bicyclic) bond motifs is 1. The molecule has 0 atom stereocenters. The Morgan fingerprint density at radius 2 is 1.90 bits per heavy atom. The second kappa shape index (κ2) is 9.89.